The summed E-state index contributed by atoms with van der Waals surface area (Å²) in [6.07, 6.45) is 2.63. The zero-order valence-electron chi connectivity index (χ0n) is 12.4. The van der Waals surface area contributed by atoms with E-state index in [1.54, 1.807) is 0 Å². The Bertz CT molecular complexity index is 522. The number of aromatic nitrogens is 2. The van der Waals surface area contributed by atoms with E-state index in [-0.39, 0.29) is 23.5 Å². The van der Waals surface area contributed by atoms with Crippen LogP contribution in [0.4, 0.5) is 5.95 Å². The lowest BCUT2D eigenvalue weighted by Crippen LogP contribution is -2.37. The zero-order valence-corrected chi connectivity index (χ0v) is 12.4. The number of ether oxygens (including phenoxy) is 2. The molecule has 1 saturated heterocycles. The summed E-state index contributed by atoms with van der Waals surface area (Å²) in [7, 11) is 0.808. The van der Waals surface area contributed by atoms with Crippen molar-refractivity contribution >= 4 is 19.2 Å². The van der Waals surface area contributed by atoms with Crippen LogP contribution in [0, 0.1) is 5.92 Å². The normalized spacial score (nSPS) is 15.4. The van der Waals surface area contributed by atoms with E-state index in [2.05, 4.69) is 9.97 Å². The van der Waals surface area contributed by atoms with Crippen molar-refractivity contribution in [1.82, 2.24) is 9.97 Å². The van der Waals surface area contributed by atoms with Crippen LogP contribution in [0.1, 0.15) is 12.8 Å². The Balaban J connectivity index is 2.06. The molecule has 2 N–H and O–H groups in total. The first-order valence-electron chi connectivity index (χ1n) is 6.81. The van der Waals surface area contributed by atoms with Crippen LogP contribution < -0.4 is 14.3 Å². The molecule has 0 bridgehead atoms. The van der Waals surface area contributed by atoms with Gasteiger partial charge in [0.2, 0.25) is 5.95 Å². The number of piperidine rings is 1. The molecular formula is C12H18BN3O6. The summed E-state index contributed by atoms with van der Waals surface area (Å²) in [5.41, 5.74) is 0. The molecule has 1 aromatic rings. The maximum atomic E-state index is 11.5. The zero-order chi connectivity index (χ0) is 16.1. The molecule has 0 atom stereocenters. The molecule has 10 heteroatoms. The minimum atomic E-state index is -1.97. The average Bonchev–Trinajstić information content (AvgIpc) is 2.54. The highest BCUT2D eigenvalue weighted by Gasteiger charge is 2.27. The molecule has 9 nitrogen and oxygen atoms in total. The maximum absolute atomic E-state index is 11.5. The Morgan fingerprint density at radius 3 is 2.59 bits per heavy atom. The second-order valence-corrected chi connectivity index (χ2v) is 4.77. The van der Waals surface area contributed by atoms with Crippen LogP contribution in [0.2, 0.25) is 0 Å². The molecule has 0 unspecified atom stereocenters. The first-order valence-corrected chi connectivity index (χ1v) is 6.81. The van der Waals surface area contributed by atoms with Crippen LogP contribution in [0.15, 0.2) is 6.20 Å². The number of carbonyl (C=O) groups excluding carboxylic acids is 1. The molecule has 0 aliphatic carbocycles. The van der Waals surface area contributed by atoms with Gasteiger partial charge in [-0.3, -0.25) is 4.79 Å². The highest BCUT2D eigenvalue weighted by atomic mass is 16.6. The van der Waals surface area contributed by atoms with Crippen molar-refractivity contribution in [3.8, 4) is 11.6 Å². The number of carbonyl (C=O) groups is 1. The van der Waals surface area contributed by atoms with E-state index in [0.717, 1.165) is 0 Å². The van der Waals surface area contributed by atoms with Crippen molar-refractivity contribution in [2.24, 2.45) is 5.92 Å². The Labute approximate surface area is 128 Å². The standard InChI is InChI=1S/C12H18BN3O6/c1-20-10-9(22-13(18)19)7-14-12(15-10)16-5-3-8(4-6-16)11(17)21-2/h7-8,18-19H,3-6H2,1-2H3. The van der Waals surface area contributed by atoms with Gasteiger partial charge in [-0.15, -0.1) is 0 Å². The van der Waals surface area contributed by atoms with Gasteiger partial charge in [0.25, 0.3) is 5.88 Å². The van der Waals surface area contributed by atoms with Crippen LogP contribution in [0.25, 0.3) is 0 Å². The number of methoxy groups -OCH3 is 2. The summed E-state index contributed by atoms with van der Waals surface area (Å²) in [4.78, 5) is 21.7. The monoisotopic (exact) mass is 311 g/mol. The van der Waals surface area contributed by atoms with E-state index in [0.29, 0.717) is 31.9 Å². The minimum absolute atomic E-state index is 0.0331. The van der Waals surface area contributed by atoms with Gasteiger partial charge < -0.3 is 29.1 Å². The molecule has 0 spiro atoms. The quantitative estimate of drug-likeness (QED) is 0.534. The lowest BCUT2D eigenvalue weighted by atomic mass is 9.97. The number of hydrogen-bond donors (Lipinski definition) is 2. The van der Waals surface area contributed by atoms with Gasteiger partial charge in [-0.1, -0.05) is 0 Å². The van der Waals surface area contributed by atoms with Gasteiger partial charge >= 0.3 is 13.3 Å². The molecule has 0 amide bonds. The maximum Gasteiger partial charge on any atom is 0.707 e. The molecule has 2 heterocycles. The first kappa shape index (κ1) is 16.3. The number of esters is 1. The molecule has 1 aliphatic heterocycles. The van der Waals surface area contributed by atoms with Crippen molar-refractivity contribution in [1.29, 1.82) is 0 Å². The molecule has 0 saturated carbocycles. The van der Waals surface area contributed by atoms with E-state index >= 15 is 0 Å². The molecular weight excluding hydrogens is 293 g/mol. The molecule has 2 rings (SSSR count). The summed E-state index contributed by atoms with van der Waals surface area (Å²) >= 11 is 0. The highest BCUT2D eigenvalue weighted by Crippen LogP contribution is 2.28. The van der Waals surface area contributed by atoms with Crippen LogP contribution in [-0.2, 0) is 9.53 Å². The van der Waals surface area contributed by atoms with Crippen molar-refractivity contribution < 1.29 is 29.0 Å². The van der Waals surface area contributed by atoms with Crippen LogP contribution in [0.3, 0.4) is 0 Å². The van der Waals surface area contributed by atoms with Crippen LogP contribution >= 0.6 is 0 Å². The van der Waals surface area contributed by atoms with Gasteiger partial charge in [0.1, 0.15) is 0 Å². The summed E-state index contributed by atoms with van der Waals surface area (Å²) in [6.45, 7) is 1.23. The molecule has 1 fully saturated rings. The summed E-state index contributed by atoms with van der Waals surface area (Å²) < 4.78 is 14.5. The Kier molecular flexibility index (Phi) is 5.39. The summed E-state index contributed by atoms with van der Waals surface area (Å²) in [5.74, 6) is 0.271. The van der Waals surface area contributed by atoms with Gasteiger partial charge in [0.15, 0.2) is 5.75 Å². The Morgan fingerprint density at radius 1 is 1.36 bits per heavy atom. The van der Waals surface area contributed by atoms with Crippen molar-refractivity contribution in [3.05, 3.63) is 6.20 Å². The number of hydrogen-bond acceptors (Lipinski definition) is 9. The SMILES string of the molecule is COC(=O)C1CCN(c2ncc(OB(O)O)c(OC)n2)CC1. The number of anilines is 1. The van der Waals surface area contributed by atoms with Crippen molar-refractivity contribution in [2.45, 2.75) is 12.8 Å². The second-order valence-electron chi connectivity index (χ2n) is 4.77. The second kappa shape index (κ2) is 7.27. The average molecular weight is 311 g/mol. The molecule has 22 heavy (non-hydrogen) atoms. The largest absolute Gasteiger partial charge is 0.707 e. The third-order valence-electron chi connectivity index (χ3n) is 3.45. The molecule has 0 radical (unpaired) electrons. The smallest absolute Gasteiger partial charge is 0.507 e. The minimum Gasteiger partial charge on any atom is -0.507 e. The predicted molar refractivity (Wildman–Crippen MR) is 76.4 cm³/mol. The van der Waals surface area contributed by atoms with Crippen LogP contribution in [-0.4, -0.2) is 60.6 Å². The predicted octanol–water partition coefficient (Wildman–Crippen LogP) is -0.777. The highest BCUT2D eigenvalue weighted by molar-refractivity contribution is 6.33. The number of nitrogens with zero attached hydrogens (tertiary/aromatic N) is 3. The Hall–Kier alpha value is -2.07. The molecule has 1 aromatic heterocycles. The third kappa shape index (κ3) is 3.77. The van der Waals surface area contributed by atoms with Gasteiger partial charge in [0.05, 0.1) is 26.3 Å². The first-order chi connectivity index (χ1) is 10.5. The van der Waals surface area contributed by atoms with E-state index in [1.807, 2.05) is 4.90 Å². The summed E-state index contributed by atoms with van der Waals surface area (Å²) in [5, 5.41) is 17.6. The molecule has 1 aliphatic rings. The van der Waals surface area contributed by atoms with E-state index < -0.39 is 7.32 Å². The van der Waals surface area contributed by atoms with Gasteiger partial charge in [-0.25, -0.2) is 4.98 Å². The topological polar surface area (TPSA) is 114 Å². The van der Waals surface area contributed by atoms with Gasteiger partial charge in [-0.05, 0) is 12.8 Å². The van der Waals surface area contributed by atoms with E-state index in [9.17, 15) is 4.79 Å². The van der Waals surface area contributed by atoms with Crippen molar-refractivity contribution in [2.75, 3.05) is 32.2 Å². The van der Waals surface area contributed by atoms with E-state index in [4.69, 9.17) is 24.2 Å². The van der Waals surface area contributed by atoms with E-state index in [1.165, 1.54) is 20.4 Å². The lowest BCUT2D eigenvalue weighted by Gasteiger charge is -2.30. The number of rotatable bonds is 5. The third-order valence-corrected chi connectivity index (χ3v) is 3.45. The fourth-order valence-corrected chi connectivity index (χ4v) is 2.32. The fourth-order valence-electron chi connectivity index (χ4n) is 2.32. The lowest BCUT2D eigenvalue weighted by molar-refractivity contribution is -0.146. The molecule has 0 aromatic carbocycles. The Morgan fingerprint density at radius 2 is 2.05 bits per heavy atom. The fraction of sp³-hybridized carbons (Fsp3) is 0.583. The summed E-state index contributed by atoms with van der Waals surface area (Å²) in [6, 6.07) is 0. The van der Waals surface area contributed by atoms with Crippen LogP contribution in [0.5, 0.6) is 11.6 Å². The van der Waals surface area contributed by atoms with Gasteiger partial charge in [0, 0.05) is 13.1 Å². The van der Waals surface area contributed by atoms with Gasteiger partial charge in [-0.2, -0.15) is 4.98 Å². The van der Waals surface area contributed by atoms with Crippen molar-refractivity contribution in [3.63, 3.8) is 0 Å². The molecule has 120 valence electrons.